The van der Waals surface area contributed by atoms with Gasteiger partial charge in [-0.05, 0) is 36.2 Å². The molecule has 1 aromatic carbocycles. The summed E-state index contributed by atoms with van der Waals surface area (Å²) in [5.41, 5.74) is 4.49. The summed E-state index contributed by atoms with van der Waals surface area (Å²) in [5.74, 6) is -0.311. The quantitative estimate of drug-likeness (QED) is 0.583. The Labute approximate surface area is 136 Å². The van der Waals surface area contributed by atoms with Crippen LogP contribution in [0.2, 0.25) is 5.02 Å². The van der Waals surface area contributed by atoms with Gasteiger partial charge in [-0.3, -0.25) is 9.78 Å². The van der Waals surface area contributed by atoms with E-state index in [1.807, 2.05) is 25.1 Å². The first kappa shape index (κ1) is 14.7. The van der Waals surface area contributed by atoms with Crippen molar-refractivity contribution in [3.05, 3.63) is 63.8 Å². The van der Waals surface area contributed by atoms with Gasteiger partial charge in [0.2, 0.25) is 0 Å². The Balaban J connectivity index is 1.80. The van der Waals surface area contributed by atoms with E-state index in [9.17, 15) is 4.79 Å². The number of carbonyl (C=O) groups excluding carboxylic acids is 1. The van der Waals surface area contributed by atoms with Crippen LogP contribution in [0.3, 0.4) is 0 Å². The zero-order valence-corrected chi connectivity index (χ0v) is 13.3. The summed E-state index contributed by atoms with van der Waals surface area (Å²) in [6, 6.07) is 9.52. The molecule has 110 valence electrons. The van der Waals surface area contributed by atoms with Gasteiger partial charge in [-0.15, -0.1) is 11.3 Å². The number of hydrogen-bond acceptors (Lipinski definition) is 4. The number of pyridine rings is 1. The lowest BCUT2D eigenvalue weighted by Gasteiger charge is -1.97. The first-order chi connectivity index (χ1) is 10.6. The molecule has 0 saturated carbocycles. The molecule has 0 aliphatic heterocycles. The summed E-state index contributed by atoms with van der Waals surface area (Å²) in [7, 11) is 0. The highest BCUT2D eigenvalue weighted by molar-refractivity contribution is 7.21. The van der Waals surface area contributed by atoms with Gasteiger partial charge in [0.25, 0.3) is 5.91 Å². The van der Waals surface area contributed by atoms with E-state index < -0.39 is 0 Å². The molecular formula is C16H12ClN3OS. The molecule has 0 fully saturated rings. The van der Waals surface area contributed by atoms with Crippen molar-refractivity contribution in [1.29, 1.82) is 0 Å². The number of nitrogens with zero attached hydrogens (tertiary/aromatic N) is 2. The highest BCUT2D eigenvalue weighted by Gasteiger charge is 2.16. The van der Waals surface area contributed by atoms with Gasteiger partial charge in [0.1, 0.15) is 4.88 Å². The van der Waals surface area contributed by atoms with Crippen molar-refractivity contribution in [3.63, 3.8) is 0 Å². The van der Waals surface area contributed by atoms with Crippen molar-refractivity contribution >= 4 is 45.1 Å². The van der Waals surface area contributed by atoms with Crippen LogP contribution in [0.4, 0.5) is 0 Å². The molecule has 0 bridgehead atoms. The van der Waals surface area contributed by atoms with Crippen LogP contribution >= 0.6 is 22.9 Å². The van der Waals surface area contributed by atoms with E-state index in [1.54, 1.807) is 30.7 Å². The summed E-state index contributed by atoms with van der Waals surface area (Å²) < 4.78 is 0.994. The van der Waals surface area contributed by atoms with E-state index in [1.165, 1.54) is 11.3 Å². The van der Waals surface area contributed by atoms with Crippen LogP contribution in [0.1, 0.15) is 20.8 Å². The molecule has 0 radical (unpaired) electrons. The predicted octanol–water partition coefficient (Wildman–Crippen LogP) is 4.02. The summed E-state index contributed by atoms with van der Waals surface area (Å²) >= 11 is 7.65. The number of hydrazone groups is 1. The van der Waals surface area contributed by atoms with Crippen LogP contribution in [-0.4, -0.2) is 17.1 Å². The first-order valence-corrected chi connectivity index (χ1v) is 7.76. The van der Waals surface area contributed by atoms with Gasteiger partial charge in [-0.2, -0.15) is 5.10 Å². The average molecular weight is 330 g/mol. The molecule has 3 rings (SSSR count). The molecule has 6 heteroatoms. The van der Waals surface area contributed by atoms with Crippen molar-refractivity contribution in [2.45, 2.75) is 6.92 Å². The maximum Gasteiger partial charge on any atom is 0.283 e. The smallest absolute Gasteiger partial charge is 0.266 e. The molecule has 1 N–H and O–H groups in total. The largest absolute Gasteiger partial charge is 0.283 e. The van der Waals surface area contributed by atoms with Gasteiger partial charge >= 0.3 is 0 Å². The first-order valence-electron chi connectivity index (χ1n) is 6.57. The zero-order valence-electron chi connectivity index (χ0n) is 11.7. The minimum absolute atomic E-state index is 0.311. The summed E-state index contributed by atoms with van der Waals surface area (Å²) in [6.45, 7) is 2.01. The van der Waals surface area contributed by atoms with Gasteiger partial charge < -0.3 is 0 Å². The Kier molecular flexibility index (Phi) is 4.18. The number of thiophene rings is 1. The maximum absolute atomic E-state index is 12.2. The molecule has 3 aromatic rings. The second-order valence-electron chi connectivity index (χ2n) is 4.72. The van der Waals surface area contributed by atoms with Crippen LogP contribution < -0.4 is 5.43 Å². The molecule has 22 heavy (non-hydrogen) atoms. The monoisotopic (exact) mass is 329 g/mol. The van der Waals surface area contributed by atoms with E-state index in [0.29, 0.717) is 9.90 Å². The number of aryl methyl sites for hydroxylation is 1. The number of rotatable bonds is 3. The molecule has 0 spiro atoms. The topological polar surface area (TPSA) is 54.4 Å². The number of carbonyl (C=O) groups is 1. The number of nitrogens with one attached hydrogen (secondary N) is 1. The number of fused-ring (bicyclic) bond motifs is 1. The van der Waals surface area contributed by atoms with Crippen LogP contribution in [0.15, 0.2) is 47.8 Å². The molecular weight excluding hydrogens is 318 g/mol. The third-order valence-corrected chi connectivity index (χ3v) is 4.73. The number of amides is 1. The van der Waals surface area contributed by atoms with E-state index in [0.717, 1.165) is 21.2 Å². The molecule has 0 unspecified atom stereocenters. The van der Waals surface area contributed by atoms with Crippen molar-refractivity contribution in [2.24, 2.45) is 5.10 Å². The summed E-state index contributed by atoms with van der Waals surface area (Å²) in [4.78, 5) is 16.6. The number of aromatic nitrogens is 1. The second kappa shape index (κ2) is 6.25. The van der Waals surface area contributed by atoms with E-state index in [-0.39, 0.29) is 5.91 Å². The Morgan fingerprint density at radius 1 is 1.32 bits per heavy atom. The Morgan fingerprint density at radius 3 is 2.86 bits per heavy atom. The lowest BCUT2D eigenvalue weighted by Crippen LogP contribution is -2.16. The van der Waals surface area contributed by atoms with Gasteiger partial charge in [-0.1, -0.05) is 23.7 Å². The van der Waals surface area contributed by atoms with Crippen LogP contribution in [0.5, 0.6) is 0 Å². The molecule has 0 saturated heterocycles. The van der Waals surface area contributed by atoms with Gasteiger partial charge in [-0.25, -0.2) is 5.43 Å². The number of hydrogen-bond donors (Lipinski definition) is 1. The average Bonchev–Trinajstić information content (AvgIpc) is 2.84. The Hall–Kier alpha value is -2.24. The number of halogens is 1. The highest BCUT2D eigenvalue weighted by atomic mass is 35.5. The van der Waals surface area contributed by atoms with E-state index >= 15 is 0 Å². The molecule has 0 atom stereocenters. The third kappa shape index (κ3) is 3.00. The fourth-order valence-corrected chi connectivity index (χ4v) is 3.49. The van der Waals surface area contributed by atoms with Crippen molar-refractivity contribution in [1.82, 2.24) is 10.4 Å². The van der Waals surface area contributed by atoms with Crippen molar-refractivity contribution in [2.75, 3.05) is 0 Å². The maximum atomic E-state index is 12.2. The van der Waals surface area contributed by atoms with E-state index in [2.05, 4.69) is 15.5 Å². The van der Waals surface area contributed by atoms with Crippen molar-refractivity contribution < 1.29 is 4.79 Å². The molecule has 0 aliphatic rings. The summed E-state index contributed by atoms with van der Waals surface area (Å²) in [5, 5.41) is 5.30. The van der Waals surface area contributed by atoms with Crippen LogP contribution in [-0.2, 0) is 0 Å². The van der Waals surface area contributed by atoms with Gasteiger partial charge in [0.15, 0.2) is 0 Å². The standard InChI is InChI=1S/C16H12ClN3OS/c1-10-2-3-12-13(8-10)22-15(14(12)17)16(21)20-19-9-11-4-6-18-7-5-11/h2-9H,1H3,(H,20,21). The fraction of sp³-hybridized carbons (Fsp3) is 0.0625. The predicted molar refractivity (Wildman–Crippen MR) is 90.9 cm³/mol. The lowest BCUT2D eigenvalue weighted by atomic mass is 10.2. The minimum Gasteiger partial charge on any atom is -0.266 e. The molecule has 2 heterocycles. The highest BCUT2D eigenvalue weighted by Crippen LogP contribution is 2.35. The van der Waals surface area contributed by atoms with E-state index in [4.69, 9.17) is 11.6 Å². The van der Waals surface area contributed by atoms with Crippen molar-refractivity contribution in [3.8, 4) is 0 Å². The molecule has 1 amide bonds. The van der Waals surface area contributed by atoms with Crippen LogP contribution in [0, 0.1) is 6.92 Å². The van der Waals surface area contributed by atoms with Gasteiger partial charge in [0.05, 0.1) is 11.2 Å². The molecule has 4 nitrogen and oxygen atoms in total. The molecule has 2 aromatic heterocycles. The SMILES string of the molecule is Cc1ccc2c(Cl)c(C(=O)NN=Cc3ccncc3)sc2c1. The Bertz CT molecular complexity index is 858. The van der Waals surface area contributed by atoms with Gasteiger partial charge in [0, 0.05) is 22.5 Å². The summed E-state index contributed by atoms with van der Waals surface area (Å²) in [6.07, 6.45) is 4.88. The molecule has 0 aliphatic carbocycles. The normalized spacial score (nSPS) is 11.2. The number of benzene rings is 1. The zero-order chi connectivity index (χ0) is 15.5. The lowest BCUT2D eigenvalue weighted by molar-refractivity contribution is 0.0959. The van der Waals surface area contributed by atoms with Crippen LogP contribution in [0.25, 0.3) is 10.1 Å². The minimum atomic E-state index is -0.311. The second-order valence-corrected chi connectivity index (χ2v) is 6.15. The fourth-order valence-electron chi connectivity index (χ4n) is 1.98. The Morgan fingerprint density at radius 2 is 2.09 bits per heavy atom. The third-order valence-electron chi connectivity index (χ3n) is 3.08.